The van der Waals surface area contributed by atoms with Crippen LogP contribution < -0.4 is 10.6 Å². The largest absolute Gasteiger partial charge is 0.383 e. The van der Waals surface area contributed by atoms with E-state index < -0.39 is 0 Å². The van der Waals surface area contributed by atoms with Gasteiger partial charge in [0.15, 0.2) is 0 Å². The Morgan fingerprint density at radius 2 is 2.12 bits per heavy atom. The molecule has 1 fully saturated rings. The van der Waals surface area contributed by atoms with Crippen LogP contribution in [0.25, 0.3) is 0 Å². The van der Waals surface area contributed by atoms with E-state index in [2.05, 4.69) is 41.8 Å². The Labute approximate surface area is 163 Å². The average Bonchev–Trinajstić information content (AvgIpc) is 2.68. The minimum Gasteiger partial charge on any atom is -0.383 e. The second-order valence-corrected chi connectivity index (χ2v) is 6.95. The number of carbonyl (C=O) groups excluding carboxylic acids is 1. The van der Waals surface area contributed by atoms with Gasteiger partial charge in [0.2, 0.25) is 5.78 Å². The highest BCUT2D eigenvalue weighted by molar-refractivity contribution is 9.10. The van der Waals surface area contributed by atoms with Crippen LogP contribution in [0, 0.1) is 11.3 Å². The van der Waals surface area contributed by atoms with E-state index in [-0.39, 0.29) is 14.5 Å². The summed E-state index contributed by atoms with van der Waals surface area (Å²) in [6.45, 7) is 4.19. The lowest BCUT2D eigenvalue weighted by molar-refractivity contribution is 0.103. The van der Waals surface area contributed by atoms with Crippen molar-refractivity contribution in [3.63, 3.8) is 0 Å². The molecule has 1 aliphatic rings. The van der Waals surface area contributed by atoms with Crippen molar-refractivity contribution in [2.24, 2.45) is 0 Å². The summed E-state index contributed by atoms with van der Waals surface area (Å²) in [5.41, 5.74) is 6.53. The first-order chi connectivity index (χ1) is 12.6. The van der Waals surface area contributed by atoms with Gasteiger partial charge in [-0.2, -0.15) is 5.26 Å². The number of hydrogen-bond donors (Lipinski definition) is 1. The fourth-order valence-electron chi connectivity index (χ4n) is 2.90. The number of nitrogens with two attached hydrogens (primary N) is 1. The zero-order chi connectivity index (χ0) is 18.5. The third-order valence-electron chi connectivity index (χ3n) is 4.33. The molecule has 2 N–H and O–H groups in total. The van der Waals surface area contributed by atoms with Crippen molar-refractivity contribution < 1.29 is 7.65 Å². The van der Waals surface area contributed by atoms with Crippen LogP contribution in [0.4, 0.5) is 11.6 Å². The van der Waals surface area contributed by atoms with Crippen LogP contribution in [-0.4, -0.2) is 53.4 Å². The molecular weight excluding hydrogens is 396 g/mol. The standard InChI is InChI=1S/C18H19BrN6O.2H2/c19-13-11-14(18(21)22-12-13)17(26)15-3-1-4-16(23-15)25-9-7-24(8-10-25)6-2-5-20;;/h1,3-4,11-12H,2,6-10H2,(H2,21,22);2*1H. The molecule has 0 aliphatic carbocycles. The fraction of sp³-hybridized carbons (Fsp3) is 0.333. The number of ketones is 1. The van der Waals surface area contributed by atoms with Crippen LogP contribution in [0.15, 0.2) is 34.9 Å². The third-order valence-corrected chi connectivity index (χ3v) is 4.77. The van der Waals surface area contributed by atoms with Gasteiger partial charge in [-0.15, -0.1) is 0 Å². The summed E-state index contributed by atoms with van der Waals surface area (Å²) in [5, 5.41) is 8.69. The maximum absolute atomic E-state index is 12.8. The fourth-order valence-corrected chi connectivity index (χ4v) is 3.24. The van der Waals surface area contributed by atoms with Crippen molar-refractivity contribution in [3.8, 4) is 6.07 Å². The number of nitrogens with zero attached hydrogens (tertiary/aromatic N) is 5. The van der Waals surface area contributed by atoms with Crippen LogP contribution in [0.1, 0.15) is 25.3 Å². The van der Waals surface area contributed by atoms with Crippen LogP contribution >= 0.6 is 15.9 Å². The highest BCUT2D eigenvalue weighted by Gasteiger charge is 2.20. The highest BCUT2D eigenvalue weighted by atomic mass is 79.9. The molecule has 7 nitrogen and oxygen atoms in total. The van der Waals surface area contributed by atoms with Crippen LogP contribution in [0.2, 0.25) is 0 Å². The van der Waals surface area contributed by atoms with Gasteiger partial charge in [-0.3, -0.25) is 9.69 Å². The molecule has 0 bridgehead atoms. The lowest BCUT2D eigenvalue weighted by Gasteiger charge is -2.35. The molecule has 3 rings (SSSR count). The third kappa shape index (κ3) is 4.18. The van der Waals surface area contributed by atoms with Crippen molar-refractivity contribution in [2.75, 3.05) is 43.4 Å². The van der Waals surface area contributed by atoms with Crippen LogP contribution in [0.3, 0.4) is 0 Å². The molecule has 0 unspecified atom stereocenters. The molecule has 0 saturated carbocycles. The van der Waals surface area contributed by atoms with E-state index in [0.717, 1.165) is 38.5 Å². The quantitative estimate of drug-likeness (QED) is 0.744. The number of nitriles is 1. The van der Waals surface area contributed by atoms with Gasteiger partial charge < -0.3 is 10.6 Å². The summed E-state index contributed by atoms with van der Waals surface area (Å²) in [6.07, 6.45) is 2.10. The molecule has 2 aromatic heterocycles. The minimum atomic E-state index is -0.245. The normalized spacial score (nSPS) is 14.8. The average molecular weight is 419 g/mol. The summed E-state index contributed by atoms with van der Waals surface area (Å²) in [4.78, 5) is 25.7. The van der Waals surface area contributed by atoms with E-state index in [1.807, 2.05) is 12.1 Å². The van der Waals surface area contributed by atoms with Gasteiger partial charge >= 0.3 is 0 Å². The second kappa shape index (κ2) is 8.25. The zero-order valence-corrected chi connectivity index (χ0v) is 15.8. The van der Waals surface area contributed by atoms with Crippen LogP contribution in [0.5, 0.6) is 0 Å². The van der Waals surface area contributed by atoms with Gasteiger partial charge in [0.1, 0.15) is 17.3 Å². The molecule has 3 heterocycles. The minimum absolute atomic E-state index is 0. The van der Waals surface area contributed by atoms with E-state index >= 15 is 0 Å². The number of carbonyl (C=O) groups is 1. The number of anilines is 2. The first-order valence-electron chi connectivity index (χ1n) is 8.35. The predicted octanol–water partition coefficient (Wildman–Crippen LogP) is 2.58. The number of nitrogen functional groups attached to an aromatic ring is 1. The molecule has 1 aliphatic heterocycles. The number of rotatable bonds is 5. The molecule has 0 atom stereocenters. The summed E-state index contributed by atoms with van der Waals surface area (Å²) in [6, 6.07) is 9.27. The first-order valence-corrected chi connectivity index (χ1v) is 9.15. The van der Waals surface area contributed by atoms with E-state index in [0.29, 0.717) is 22.2 Å². The Hall–Kier alpha value is -2.50. The van der Waals surface area contributed by atoms with Crippen LogP contribution in [-0.2, 0) is 0 Å². The summed E-state index contributed by atoms with van der Waals surface area (Å²) in [7, 11) is 0. The Bertz CT molecular complexity index is 852. The molecule has 0 spiro atoms. The number of pyridine rings is 2. The lowest BCUT2D eigenvalue weighted by Crippen LogP contribution is -2.46. The second-order valence-electron chi connectivity index (χ2n) is 6.03. The molecule has 0 radical (unpaired) electrons. The predicted molar refractivity (Wildman–Crippen MR) is 107 cm³/mol. The Balaban J connectivity index is 0.00000196. The van der Waals surface area contributed by atoms with Crippen molar-refractivity contribution in [3.05, 3.63) is 46.2 Å². The number of aromatic nitrogens is 2. The molecular formula is C18H23BrN6O. The van der Waals surface area contributed by atoms with Crippen molar-refractivity contribution in [1.29, 1.82) is 5.26 Å². The molecule has 26 heavy (non-hydrogen) atoms. The van der Waals surface area contributed by atoms with Crippen molar-refractivity contribution >= 4 is 33.3 Å². The van der Waals surface area contributed by atoms with Gasteiger partial charge in [0, 0.05) is 52.7 Å². The molecule has 2 aromatic rings. The molecule has 0 amide bonds. The van der Waals surface area contributed by atoms with Crippen molar-refractivity contribution in [1.82, 2.24) is 14.9 Å². The highest BCUT2D eigenvalue weighted by Crippen LogP contribution is 2.20. The molecule has 0 aromatic carbocycles. The maximum Gasteiger partial charge on any atom is 0.215 e. The smallest absolute Gasteiger partial charge is 0.215 e. The SMILES string of the molecule is N#CCCN1CCN(c2cccc(C(=O)c3cc(Br)cnc3N)n2)CC1.[HH].[HH]. The first kappa shape index (κ1) is 18.3. The Morgan fingerprint density at radius 1 is 1.35 bits per heavy atom. The summed E-state index contributed by atoms with van der Waals surface area (Å²) in [5.74, 6) is 0.722. The Morgan fingerprint density at radius 3 is 2.85 bits per heavy atom. The van der Waals surface area contributed by atoms with E-state index in [1.165, 1.54) is 0 Å². The topological polar surface area (TPSA) is 99.1 Å². The van der Waals surface area contributed by atoms with Gasteiger partial charge in [-0.25, -0.2) is 9.97 Å². The summed E-state index contributed by atoms with van der Waals surface area (Å²) < 4.78 is 0.694. The summed E-state index contributed by atoms with van der Waals surface area (Å²) >= 11 is 3.31. The van der Waals surface area contributed by atoms with E-state index in [4.69, 9.17) is 11.0 Å². The molecule has 138 valence electrons. The molecule has 1 saturated heterocycles. The molecule has 8 heteroatoms. The number of halogens is 1. The van der Waals surface area contributed by atoms with Crippen molar-refractivity contribution in [2.45, 2.75) is 6.42 Å². The van der Waals surface area contributed by atoms with Gasteiger partial charge in [-0.05, 0) is 34.1 Å². The van der Waals surface area contributed by atoms with E-state index in [1.54, 1.807) is 18.3 Å². The Kier molecular flexibility index (Phi) is 5.81. The van der Waals surface area contributed by atoms with Gasteiger partial charge in [-0.1, -0.05) is 6.07 Å². The van der Waals surface area contributed by atoms with Gasteiger partial charge in [0.25, 0.3) is 0 Å². The zero-order valence-electron chi connectivity index (χ0n) is 14.2. The number of piperazine rings is 1. The number of hydrogen-bond acceptors (Lipinski definition) is 7. The van der Waals surface area contributed by atoms with Gasteiger partial charge in [0.05, 0.1) is 11.6 Å². The van der Waals surface area contributed by atoms with E-state index in [9.17, 15) is 4.79 Å². The maximum atomic E-state index is 12.8. The lowest BCUT2D eigenvalue weighted by atomic mass is 10.1. The monoisotopic (exact) mass is 418 g/mol.